The molecule has 0 spiro atoms. The maximum absolute atomic E-state index is 12.6. The van der Waals surface area contributed by atoms with Crippen molar-refractivity contribution in [2.45, 2.75) is 30.0 Å². The number of amides is 1. The number of sulfone groups is 1. The molecule has 1 heterocycles. The van der Waals surface area contributed by atoms with Crippen molar-refractivity contribution in [3.8, 4) is 0 Å². The monoisotopic (exact) mass is 367 g/mol. The van der Waals surface area contributed by atoms with E-state index in [0.29, 0.717) is 11.3 Å². The van der Waals surface area contributed by atoms with Crippen LogP contribution in [0.2, 0.25) is 0 Å². The van der Waals surface area contributed by atoms with E-state index in [1.165, 1.54) is 12.1 Å². The van der Waals surface area contributed by atoms with Gasteiger partial charge >= 0.3 is 6.18 Å². The lowest BCUT2D eigenvalue weighted by molar-refractivity contribution is -0.137. The third kappa shape index (κ3) is 5.13. The van der Waals surface area contributed by atoms with E-state index in [1.54, 1.807) is 6.92 Å². The molecule has 1 aromatic carbocycles. The summed E-state index contributed by atoms with van der Waals surface area (Å²) in [6.07, 6.45) is -4.08. The van der Waals surface area contributed by atoms with Gasteiger partial charge in [-0.2, -0.15) is 13.2 Å². The fourth-order valence-electron chi connectivity index (χ4n) is 2.39. The summed E-state index contributed by atoms with van der Waals surface area (Å²) in [5.41, 5.74) is -1.57. The maximum atomic E-state index is 12.6. The van der Waals surface area contributed by atoms with Crippen molar-refractivity contribution in [1.82, 2.24) is 5.32 Å². The normalized spacial score (nSPS) is 23.7. The molecule has 1 fully saturated rings. The third-order valence-electron chi connectivity index (χ3n) is 3.48. The standard InChI is InChI=1S/C14H16F3NO3S2/c1-13(5-6-23(20,21)9-13)18-12(19)8-22-11-4-2-3-10(7-11)14(15,16)17/h2-4,7H,5-6,8-9H2,1H3,(H,18,19). The van der Waals surface area contributed by atoms with Crippen molar-refractivity contribution in [3.63, 3.8) is 0 Å². The molecule has 1 atom stereocenters. The van der Waals surface area contributed by atoms with Gasteiger partial charge < -0.3 is 5.32 Å². The highest BCUT2D eigenvalue weighted by atomic mass is 32.2. The molecule has 1 aliphatic rings. The molecule has 128 valence electrons. The van der Waals surface area contributed by atoms with Crippen molar-refractivity contribution in [3.05, 3.63) is 29.8 Å². The molecule has 1 aromatic rings. The number of carbonyl (C=O) groups excluding carboxylic acids is 1. The van der Waals surface area contributed by atoms with Gasteiger partial charge in [0.1, 0.15) is 0 Å². The predicted molar refractivity (Wildman–Crippen MR) is 82.0 cm³/mol. The Morgan fingerprint density at radius 3 is 2.65 bits per heavy atom. The first kappa shape index (κ1) is 18.1. The van der Waals surface area contributed by atoms with Gasteiger partial charge in [0.25, 0.3) is 0 Å². The number of alkyl halides is 3. The smallest absolute Gasteiger partial charge is 0.349 e. The summed E-state index contributed by atoms with van der Waals surface area (Å²) >= 11 is 0.979. The lowest BCUT2D eigenvalue weighted by Gasteiger charge is -2.23. The van der Waals surface area contributed by atoms with E-state index in [9.17, 15) is 26.4 Å². The quantitative estimate of drug-likeness (QED) is 0.831. The van der Waals surface area contributed by atoms with Crippen LogP contribution in [0.25, 0.3) is 0 Å². The zero-order chi connectivity index (χ0) is 17.3. The first-order chi connectivity index (χ1) is 10.5. The summed E-state index contributed by atoms with van der Waals surface area (Å²) in [6.45, 7) is 1.66. The molecule has 1 unspecified atom stereocenters. The van der Waals surface area contributed by atoms with E-state index in [4.69, 9.17) is 0 Å². The maximum Gasteiger partial charge on any atom is 0.416 e. The minimum Gasteiger partial charge on any atom is -0.349 e. The molecule has 1 amide bonds. The Morgan fingerprint density at radius 1 is 1.39 bits per heavy atom. The van der Waals surface area contributed by atoms with Gasteiger partial charge in [0.15, 0.2) is 9.84 Å². The summed E-state index contributed by atoms with van der Waals surface area (Å²) in [4.78, 5) is 12.3. The van der Waals surface area contributed by atoms with Gasteiger partial charge in [0, 0.05) is 4.90 Å². The average Bonchev–Trinajstić information content (AvgIpc) is 2.69. The molecule has 0 bridgehead atoms. The summed E-state index contributed by atoms with van der Waals surface area (Å²) in [7, 11) is -3.14. The zero-order valence-electron chi connectivity index (χ0n) is 12.3. The van der Waals surface area contributed by atoms with Crippen molar-refractivity contribution in [2.24, 2.45) is 0 Å². The van der Waals surface area contributed by atoms with Gasteiger partial charge in [-0.3, -0.25) is 4.79 Å². The number of rotatable bonds is 4. The molecule has 4 nitrogen and oxygen atoms in total. The summed E-state index contributed by atoms with van der Waals surface area (Å²) < 4.78 is 60.8. The van der Waals surface area contributed by atoms with Crippen LogP contribution in [-0.2, 0) is 20.8 Å². The average molecular weight is 367 g/mol. The van der Waals surface area contributed by atoms with Crippen molar-refractivity contribution in [1.29, 1.82) is 0 Å². The van der Waals surface area contributed by atoms with E-state index in [0.717, 1.165) is 23.9 Å². The molecule has 0 aromatic heterocycles. The molecule has 1 N–H and O–H groups in total. The minimum atomic E-state index is -4.43. The molecule has 0 saturated carbocycles. The number of halogens is 3. The van der Waals surface area contributed by atoms with Crippen LogP contribution >= 0.6 is 11.8 Å². The Morgan fingerprint density at radius 2 is 2.09 bits per heavy atom. The lowest BCUT2D eigenvalue weighted by Crippen LogP contribution is -2.47. The second-order valence-corrected chi connectivity index (χ2v) is 9.00. The predicted octanol–water partition coefficient (Wildman–Crippen LogP) is 2.49. The fraction of sp³-hybridized carbons (Fsp3) is 0.500. The highest BCUT2D eigenvalue weighted by molar-refractivity contribution is 8.00. The largest absolute Gasteiger partial charge is 0.416 e. The molecule has 1 aliphatic heterocycles. The van der Waals surface area contributed by atoms with Crippen LogP contribution in [-0.4, -0.2) is 37.1 Å². The van der Waals surface area contributed by atoms with Crippen LogP contribution in [0.5, 0.6) is 0 Å². The zero-order valence-corrected chi connectivity index (χ0v) is 13.9. The van der Waals surface area contributed by atoms with Gasteiger partial charge in [0.05, 0.1) is 28.4 Å². The highest BCUT2D eigenvalue weighted by Crippen LogP contribution is 2.32. The van der Waals surface area contributed by atoms with Gasteiger partial charge in [-0.15, -0.1) is 11.8 Å². The Hall–Kier alpha value is -1.22. The van der Waals surface area contributed by atoms with Gasteiger partial charge in [0.2, 0.25) is 5.91 Å². The third-order valence-corrected chi connectivity index (χ3v) is 6.37. The Kier molecular flexibility index (Phi) is 5.00. The number of carbonyl (C=O) groups is 1. The van der Waals surface area contributed by atoms with E-state index >= 15 is 0 Å². The molecule has 2 rings (SSSR count). The molecule has 9 heteroatoms. The number of hydrogen-bond donors (Lipinski definition) is 1. The first-order valence-electron chi connectivity index (χ1n) is 6.81. The van der Waals surface area contributed by atoms with E-state index in [2.05, 4.69) is 5.32 Å². The summed E-state index contributed by atoms with van der Waals surface area (Å²) in [5.74, 6) is -0.548. The first-order valence-corrected chi connectivity index (χ1v) is 9.61. The molecule has 23 heavy (non-hydrogen) atoms. The Bertz CT molecular complexity index is 703. The molecular weight excluding hydrogens is 351 g/mol. The molecule has 1 saturated heterocycles. The van der Waals surface area contributed by atoms with E-state index in [1.807, 2.05) is 0 Å². The van der Waals surface area contributed by atoms with Crippen LogP contribution < -0.4 is 5.32 Å². The topological polar surface area (TPSA) is 63.2 Å². The van der Waals surface area contributed by atoms with Crippen LogP contribution in [0.15, 0.2) is 29.2 Å². The SMILES string of the molecule is CC1(NC(=O)CSc2cccc(C(F)(F)F)c2)CCS(=O)(=O)C1. The highest BCUT2D eigenvalue weighted by Gasteiger charge is 2.39. The number of nitrogens with one attached hydrogen (secondary N) is 1. The fourth-order valence-corrected chi connectivity index (χ4v) is 5.24. The Labute approximate surface area is 136 Å². The van der Waals surface area contributed by atoms with Crippen LogP contribution in [0.4, 0.5) is 13.2 Å². The van der Waals surface area contributed by atoms with E-state index in [-0.39, 0.29) is 17.3 Å². The molecular formula is C14H16F3NO3S2. The van der Waals surface area contributed by atoms with Crippen molar-refractivity contribution >= 4 is 27.5 Å². The number of benzene rings is 1. The number of thioether (sulfide) groups is 1. The summed E-state index contributed by atoms with van der Waals surface area (Å²) in [5, 5.41) is 2.66. The summed E-state index contributed by atoms with van der Waals surface area (Å²) in [6, 6.07) is 4.73. The van der Waals surface area contributed by atoms with E-state index < -0.39 is 33.0 Å². The van der Waals surface area contributed by atoms with Gasteiger partial charge in [-0.1, -0.05) is 6.07 Å². The van der Waals surface area contributed by atoms with Crippen LogP contribution in [0.1, 0.15) is 18.9 Å². The lowest BCUT2D eigenvalue weighted by atomic mass is 10.0. The minimum absolute atomic E-state index is 0.0323. The van der Waals surface area contributed by atoms with Crippen LogP contribution in [0.3, 0.4) is 0 Å². The van der Waals surface area contributed by atoms with Gasteiger partial charge in [-0.05, 0) is 31.5 Å². The second-order valence-electron chi connectivity index (χ2n) is 5.77. The van der Waals surface area contributed by atoms with Gasteiger partial charge in [-0.25, -0.2) is 8.42 Å². The molecule has 0 radical (unpaired) electrons. The molecule has 0 aliphatic carbocycles. The van der Waals surface area contributed by atoms with Crippen molar-refractivity contribution in [2.75, 3.05) is 17.3 Å². The van der Waals surface area contributed by atoms with Crippen molar-refractivity contribution < 1.29 is 26.4 Å². The number of hydrogen-bond acceptors (Lipinski definition) is 4. The second kappa shape index (κ2) is 6.35. The Balaban J connectivity index is 1.93. The van der Waals surface area contributed by atoms with Crippen LogP contribution in [0, 0.1) is 0 Å².